The van der Waals surface area contributed by atoms with E-state index in [1.54, 1.807) is 0 Å². The molecule has 0 radical (unpaired) electrons. The van der Waals surface area contributed by atoms with E-state index < -0.39 is 17.8 Å². The number of carbonyl (C=O) groups excluding carboxylic acids is 2. The molecule has 0 aliphatic heterocycles. The van der Waals surface area contributed by atoms with E-state index >= 15 is 0 Å². The van der Waals surface area contributed by atoms with Crippen molar-refractivity contribution in [1.29, 1.82) is 0 Å². The standard InChI is InChI=1S/C21H36O4.Na/c1-2-3-4-5-6-7-8-9-10-11-14-17-25-21(24)19-16-13-12-15-18(19)20(22)23;/h3-4,18-19H,2,5-17H2,1H3,(H,22,23);/q;+1/p-1/b4-3+;. The molecule has 0 N–H and O–H groups in total. The fourth-order valence-electron chi connectivity index (χ4n) is 3.51. The van der Waals surface area contributed by atoms with E-state index in [4.69, 9.17) is 4.74 Å². The van der Waals surface area contributed by atoms with Gasteiger partial charge in [-0.2, -0.15) is 0 Å². The molecule has 0 aromatic heterocycles. The van der Waals surface area contributed by atoms with Crippen LogP contribution in [-0.4, -0.2) is 18.5 Å². The van der Waals surface area contributed by atoms with Crippen molar-refractivity contribution in [1.82, 2.24) is 0 Å². The van der Waals surface area contributed by atoms with Crippen molar-refractivity contribution in [2.75, 3.05) is 6.61 Å². The number of carboxylic acids is 1. The third kappa shape index (κ3) is 11.4. The molecule has 2 unspecified atom stereocenters. The van der Waals surface area contributed by atoms with Crippen LogP contribution in [0.1, 0.15) is 90.4 Å². The molecule has 0 heterocycles. The molecule has 1 fully saturated rings. The third-order valence-electron chi connectivity index (χ3n) is 5.03. The zero-order valence-electron chi connectivity index (χ0n) is 16.8. The number of aliphatic carboxylic acids is 1. The van der Waals surface area contributed by atoms with E-state index in [9.17, 15) is 14.7 Å². The van der Waals surface area contributed by atoms with Crippen molar-refractivity contribution in [2.45, 2.75) is 90.4 Å². The largest absolute Gasteiger partial charge is 1.00 e. The van der Waals surface area contributed by atoms with Crippen LogP contribution in [0, 0.1) is 11.8 Å². The summed E-state index contributed by atoms with van der Waals surface area (Å²) < 4.78 is 5.31. The van der Waals surface area contributed by atoms with Crippen LogP contribution in [0.15, 0.2) is 12.2 Å². The number of carbonyl (C=O) groups is 2. The van der Waals surface area contributed by atoms with Crippen molar-refractivity contribution in [3.05, 3.63) is 12.2 Å². The second kappa shape index (κ2) is 16.8. The molecule has 4 nitrogen and oxygen atoms in total. The summed E-state index contributed by atoms with van der Waals surface area (Å²) in [7, 11) is 0. The Morgan fingerprint density at radius 2 is 1.50 bits per heavy atom. The maximum absolute atomic E-state index is 12.1. The Labute approximate surface area is 181 Å². The van der Waals surface area contributed by atoms with Crippen LogP contribution in [0.4, 0.5) is 0 Å². The molecule has 26 heavy (non-hydrogen) atoms. The first kappa shape index (κ1) is 25.7. The minimum Gasteiger partial charge on any atom is -0.550 e. The molecule has 0 saturated heterocycles. The topological polar surface area (TPSA) is 66.4 Å². The molecule has 0 aromatic rings. The van der Waals surface area contributed by atoms with Gasteiger partial charge in [0, 0.05) is 11.9 Å². The number of rotatable bonds is 13. The van der Waals surface area contributed by atoms with Gasteiger partial charge in [0.2, 0.25) is 0 Å². The quantitative estimate of drug-likeness (QED) is 0.210. The monoisotopic (exact) mass is 374 g/mol. The zero-order valence-corrected chi connectivity index (χ0v) is 18.8. The Balaban J connectivity index is 0.00000625. The summed E-state index contributed by atoms with van der Waals surface area (Å²) >= 11 is 0. The van der Waals surface area contributed by atoms with E-state index in [0.717, 1.165) is 32.1 Å². The van der Waals surface area contributed by atoms with Crippen molar-refractivity contribution in [2.24, 2.45) is 11.8 Å². The maximum atomic E-state index is 12.1. The van der Waals surface area contributed by atoms with E-state index in [-0.39, 0.29) is 35.5 Å². The van der Waals surface area contributed by atoms with Gasteiger partial charge in [0.05, 0.1) is 12.5 Å². The maximum Gasteiger partial charge on any atom is 1.00 e. The second-order valence-electron chi connectivity index (χ2n) is 7.13. The average molecular weight is 374 g/mol. The van der Waals surface area contributed by atoms with Crippen LogP contribution in [-0.2, 0) is 14.3 Å². The van der Waals surface area contributed by atoms with Gasteiger partial charge < -0.3 is 14.6 Å². The Morgan fingerprint density at radius 1 is 0.923 bits per heavy atom. The first-order chi connectivity index (χ1) is 12.2. The van der Waals surface area contributed by atoms with Gasteiger partial charge in [-0.3, -0.25) is 4.79 Å². The van der Waals surface area contributed by atoms with Gasteiger partial charge in [-0.25, -0.2) is 0 Å². The molecule has 2 atom stereocenters. The van der Waals surface area contributed by atoms with Gasteiger partial charge in [-0.05, 0) is 38.5 Å². The van der Waals surface area contributed by atoms with Crippen LogP contribution in [0.5, 0.6) is 0 Å². The van der Waals surface area contributed by atoms with E-state index in [2.05, 4.69) is 19.1 Å². The predicted octanol–water partition coefficient (Wildman–Crippen LogP) is 1.18. The van der Waals surface area contributed by atoms with Crippen molar-refractivity contribution < 1.29 is 49.0 Å². The molecule has 0 aromatic carbocycles. The van der Waals surface area contributed by atoms with Gasteiger partial charge in [0.15, 0.2) is 0 Å². The summed E-state index contributed by atoms with van der Waals surface area (Å²) in [5, 5.41) is 11.1. The first-order valence-corrected chi connectivity index (χ1v) is 10.2. The number of carboxylic acid groups (broad SMARTS) is 1. The Hall–Kier alpha value is -0.320. The molecule has 1 saturated carbocycles. The minimum absolute atomic E-state index is 0. The molecule has 1 rings (SSSR count). The molecular formula is C21H35NaO4. The molecular weight excluding hydrogens is 339 g/mol. The Kier molecular flexibility index (Phi) is 16.6. The third-order valence-corrected chi connectivity index (χ3v) is 5.03. The fourth-order valence-corrected chi connectivity index (χ4v) is 3.51. The Morgan fingerprint density at radius 3 is 2.12 bits per heavy atom. The number of hydrogen-bond acceptors (Lipinski definition) is 4. The minimum atomic E-state index is -1.10. The predicted molar refractivity (Wildman–Crippen MR) is 97.8 cm³/mol. The summed E-state index contributed by atoms with van der Waals surface area (Å²) in [5.41, 5.74) is 0. The fraction of sp³-hybridized carbons (Fsp3) is 0.810. The van der Waals surface area contributed by atoms with E-state index in [0.29, 0.717) is 19.4 Å². The molecule has 0 amide bonds. The summed E-state index contributed by atoms with van der Waals surface area (Å²) in [5.74, 6) is -2.60. The van der Waals surface area contributed by atoms with Crippen LogP contribution in [0.2, 0.25) is 0 Å². The number of esters is 1. The number of ether oxygens (including phenoxy) is 1. The summed E-state index contributed by atoms with van der Waals surface area (Å²) in [6.07, 6.45) is 17.9. The molecule has 1 aliphatic rings. The number of unbranched alkanes of at least 4 members (excludes halogenated alkanes) is 7. The normalized spacial score (nSPS) is 19.9. The van der Waals surface area contributed by atoms with Gasteiger partial charge in [0.25, 0.3) is 0 Å². The first-order valence-electron chi connectivity index (χ1n) is 10.2. The average Bonchev–Trinajstić information content (AvgIpc) is 2.62. The Bertz CT molecular complexity index is 409. The molecule has 5 heteroatoms. The molecule has 144 valence electrons. The molecule has 0 spiro atoms. The van der Waals surface area contributed by atoms with Gasteiger partial charge >= 0.3 is 35.5 Å². The van der Waals surface area contributed by atoms with Crippen molar-refractivity contribution in [3.8, 4) is 0 Å². The van der Waals surface area contributed by atoms with Crippen LogP contribution in [0.3, 0.4) is 0 Å². The van der Waals surface area contributed by atoms with E-state index in [1.165, 1.54) is 38.5 Å². The van der Waals surface area contributed by atoms with Crippen molar-refractivity contribution >= 4 is 11.9 Å². The number of allylic oxidation sites excluding steroid dienone is 2. The van der Waals surface area contributed by atoms with E-state index in [1.807, 2.05) is 0 Å². The zero-order chi connectivity index (χ0) is 18.3. The van der Waals surface area contributed by atoms with Gasteiger partial charge in [0.1, 0.15) is 0 Å². The summed E-state index contributed by atoms with van der Waals surface area (Å²) in [6, 6.07) is 0. The summed E-state index contributed by atoms with van der Waals surface area (Å²) in [4.78, 5) is 23.2. The summed E-state index contributed by atoms with van der Waals surface area (Å²) in [6.45, 7) is 2.57. The second-order valence-corrected chi connectivity index (χ2v) is 7.13. The van der Waals surface area contributed by atoms with Gasteiger partial charge in [-0.1, -0.05) is 64.0 Å². The number of hydrogen-bond donors (Lipinski definition) is 0. The van der Waals surface area contributed by atoms with Crippen LogP contribution in [0.25, 0.3) is 0 Å². The van der Waals surface area contributed by atoms with Crippen LogP contribution >= 0.6 is 0 Å². The van der Waals surface area contributed by atoms with Gasteiger partial charge in [-0.15, -0.1) is 0 Å². The SMILES string of the molecule is CC/C=C/CCCCCCCCCOC(=O)C1CCCCC1C(=O)[O-].[Na+]. The molecule has 0 bridgehead atoms. The smallest absolute Gasteiger partial charge is 0.550 e. The van der Waals surface area contributed by atoms with Crippen molar-refractivity contribution in [3.63, 3.8) is 0 Å². The van der Waals surface area contributed by atoms with Crippen LogP contribution < -0.4 is 34.7 Å². The molecule has 1 aliphatic carbocycles.